The summed E-state index contributed by atoms with van der Waals surface area (Å²) in [4.78, 5) is 11.9. The van der Waals surface area contributed by atoms with Crippen molar-refractivity contribution in [3.05, 3.63) is 25.3 Å². The maximum absolute atomic E-state index is 11.9. The molecule has 2 rings (SSSR count). The van der Waals surface area contributed by atoms with Crippen molar-refractivity contribution in [2.45, 2.75) is 45.6 Å². The molecule has 2 fully saturated rings. The Labute approximate surface area is 134 Å². The van der Waals surface area contributed by atoms with Gasteiger partial charge in [0.1, 0.15) is 0 Å². The van der Waals surface area contributed by atoms with E-state index in [2.05, 4.69) is 36.8 Å². The van der Waals surface area contributed by atoms with Crippen LogP contribution in [-0.4, -0.2) is 31.8 Å². The highest BCUT2D eigenvalue weighted by Gasteiger charge is 2.53. The highest BCUT2D eigenvalue weighted by Crippen LogP contribution is 2.57. The molecule has 2 N–H and O–H groups in total. The zero-order chi connectivity index (χ0) is 16.2. The molecule has 0 aromatic carbocycles. The van der Waals surface area contributed by atoms with Gasteiger partial charge in [0.2, 0.25) is 0 Å². The Bertz CT molecular complexity index is 429. The van der Waals surface area contributed by atoms with Gasteiger partial charge in [-0.1, -0.05) is 19.1 Å². The molecule has 0 bridgehead atoms. The first-order chi connectivity index (χ1) is 10.5. The molecule has 3 unspecified atom stereocenters. The molecule has 1 spiro atoms. The van der Waals surface area contributed by atoms with Crippen molar-refractivity contribution in [3.63, 3.8) is 0 Å². The molecule has 1 aliphatic heterocycles. The monoisotopic (exact) mass is 306 g/mol. The van der Waals surface area contributed by atoms with E-state index in [9.17, 15) is 4.79 Å². The Morgan fingerprint density at radius 1 is 1.36 bits per heavy atom. The lowest BCUT2D eigenvalue weighted by molar-refractivity contribution is -0.0214. The van der Waals surface area contributed by atoms with E-state index in [-0.39, 0.29) is 28.9 Å². The number of nitrogens with one attached hydrogen (secondary N) is 2. The van der Waals surface area contributed by atoms with Gasteiger partial charge in [0, 0.05) is 6.04 Å². The molecular formula is C18H30N2O2. The van der Waals surface area contributed by atoms with Gasteiger partial charge in [-0.2, -0.15) is 0 Å². The summed E-state index contributed by atoms with van der Waals surface area (Å²) in [7, 11) is 0. The van der Waals surface area contributed by atoms with E-state index < -0.39 is 0 Å². The molecule has 0 aromatic rings. The smallest absolute Gasteiger partial charge is 0.407 e. The van der Waals surface area contributed by atoms with Gasteiger partial charge in [-0.15, -0.1) is 13.2 Å². The van der Waals surface area contributed by atoms with Crippen molar-refractivity contribution in [1.82, 2.24) is 10.6 Å². The Balaban J connectivity index is 2.23. The molecule has 1 saturated heterocycles. The van der Waals surface area contributed by atoms with Crippen molar-refractivity contribution in [2.24, 2.45) is 16.7 Å². The van der Waals surface area contributed by atoms with E-state index in [0.717, 1.165) is 38.8 Å². The summed E-state index contributed by atoms with van der Waals surface area (Å²) in [6.45, 7) is 14.7. The van der Waals surface area contributed by atoms with Crippen LogP contribution in [0.15, 0.2) is 25.3 Å². The second kappa shape index (κ2) is 6.86. The third kappa shape index (κ3) is 3.07. The number of alkyl carbamates (subject to hydrolysis) is 1. The standard InChI is InChI=1S/C18H30N2O2/c1-5-14-12-17(4,6-2)18(8-10-19-11-9-18)13-15(14)20-16(21)22-7-3/h5-6,14-15,19H,1-2,7-13H2,3-4H3,(H,20,21). The number of rotatable bonds is 4. The number of carbonyl (C=O) groups excluding carboxylic acids is 1. The molecule has 1 saturated carbocycles. The second-order valence-corrected chi connectivity index (χ2v) is 6.93. The van der Waals surface area contributed by atoms with Crippen LogP contribution in [0.5, 0.6) is 0 Å². The van der Waals surface area contributed by atoms with Crippen molar-refractivity contribution in [2.75, 3.05) is 19.7 Å². The van der Waals surface area contributed by atoms with Gasteiger partial charge in [-0.3, -0.25) is 0 Å². The summed E-state index contributed by atoms with van der Waals surface area (Å²) < 4.78 is 5.07. The lowest BCUT2D eigenvalue weighted by Crippen LogP contribution is -2.57. The van der Waals surface area contributed by atoms with Gasteiger partial charge in [0.15, 0.2) is 0 Å². The van der Waals surface area contributed by atoms with Gasteiger partial charge in [-0.05, 0) is 62.4 Å². The average Bonchev–Trinajstić information content (AvgIpc) is 2.52. The van der Waals surface area contributed by atoms with Crippen LogP contribution in [0, 0.1) is 16.7 Å². The number of piperidine rings is 1. The molecule has 0 radical (unpaired) electrons. The average molecular weight is 306 g/mol. The third-order valence-corrected chi connectivity index (χ3v) is 5.89. The van der Waals surface area contributed by atoms with Crippen molar-refractivity contribution >= 4 is 6.09 Å². The Morgan fingerprint density at radius 2 is 2.05 bits per heavy atom. The highest BCUT2D eigenvalue weighted by molar-refractivity contribution is 5.67. The van der Waals surface area contributed by atoms with Crippen LogP contribution in [0.2, 0.25) is 0 Å². The maximum atomic E-state index is 11.9. The van der Waals surface area contributed by atoms with Gasteiger partial charge in [-0.25, -0.2) is 4.79 Å². The molecule has 0 aromatic heterocycles. The molecule has 1 heterocycles. The quantitative estimate of drug-likeness (QED) is 0.784. The van der Waals surface area contributed by atoms with Crippen LogP contribution in [0.3, 0.4) is 0 Å². The zero-order valence-electron chi connectivity index (χ0n) is 14.0. The summed E-state index contributed by atoms with van der Waals surface area (Å²) in [5.41, 5.74) is 0.282. The Morgan fingerprint density at radius 3 is 2.59 bits per heavy atom. The van der Waals surface area contributed by atoms with E-state index in [4.69, 9.17) is 4.74 Å². The maximum Gasteiger partial charge on any atom is 0.407 e. The summed E-state index contributed by atoms with van der Waals surface area (Å²) >= 11 is 0. The molecular weight excluding hydrogens is 276 g/mol. The second-order valence-electron chi connectivity index (χ2n) is 6.93. The van der Waals surface area contributed by atoms with E-state index in [1.165, 1.54) is 0 Å². The predicted octanol–water partition coefficient (Wildman–Crippen LogP) is 3.26. The number of hydrogen-bond acceptors (Lipinski definition) is 3. The molecule has 124 valence electrons. The largest absolute Gasteiger partial charge is 0.450 e. The van der Waals surface area contributed by atoms with Crippen LogP contribution in [-0.2, 0) is 4.74 Å². The molecule has 4 heteroatoms. The predicted molar refractivity (Wildman–Crippen MR) is 89.7 cm³/mol. The van der Waals surface area contributed by atoms with Gasteiger partial charge in [0.25, 0.3) is 0 Å². The fraction of sp³-hybridized carbons (Fsp3) is 0.722. The number of amides is 1. The van der Waals surface area contributed by atoms with Gasteiger partial charge in [0.05, 0.1) is 6.61 Å². The fourth-order valence-electron chi connectivity index (χ4n) is 4.36. The lowest BCUT2D eigenvalue weighted by Gasteiger charge is -2.57. The van der Waals surface area contributed by atoms with E-state index in [0.29, 0.717) is 6.61 Å². The third-order valence-electron chi connectivity index (χ3n) is 5.89. The van der Waals surface area contributed by atoms with E-state index in [1.54, 1.807) is 0 Å². The van der Waals surface area contributed by atoms with Crippen LogP contribution in [0.4, 0.5) is 4.79 Å². The van der Waals surface area contributed by atoms with Crippen LogP contribution in [0.25, 0.3) is 0 Å². The summed E-state index contributed by atoms with van der Waals surface area (Å²) in [6, 6.07) is 0.0997. The number of hydrogen-bond donors (Lipinski definition) is 2. The number of carbonyl (C=O) groups is 1. The number of allylic oxidation sites excluding steroid dienone is 1. The van der Waals surface area contributed by atoms with Crippen LogP contribution < -0.4 is 10.6 Å². The van der Waals surface area contributed by atoms with Crippen LogP contribution >= 0.6 is 0 Å². The highest BCUT2D eigenvalue weighted by atomic mass is 16.5. The minimum atomic E-state index is -0.314. The van der Waals surface area contributed by atoms with E-state index >= 15 is 0 Å². The van der Waals surface area contributed by atoms with E-state index in [1.807, 2.05) is 13.0 Å². The first kappa shape index (κ1) is 17.1. The summed E-state index contributed by atoms with van der Waals surface area (Å²) in [6.07, 6.45) is 8.00. The molecule has 1 amide bonds. The minimum absolute atomic E-state index is 0.0841. The topological polar surface area (TPSA) is 50.4 Å². The number of ether oxygens (including phenoxy) is 1. The zero-order valence-corrected chi connectivity index (χ0v) is 14.0. The van der Waals surface area contributed by atoms with Gasteiger partial charge < -0.3 is 15.4 Å². The normalized spacial score (nSPS) is 33.9. The first-order valence-corrected chi connectivity index (χ1v) is 8.40. The lowest BCUT2D eigenvalue weighted by atomic mass is 9.50. The Kier molecular flexibility index (Phi) is 5.32. The molecule has 22 heavy (non-hydrogen) atoms. The SMILES string of the molecule is C=CC1CC(C)(C=C)C2(CCNCC2)CC1NC(=O)OCC. The Hall–Kier alpha value is -1.29. The van der Waals surface area contributed by atoms with Crippen molar-refractivity contribution in [3.8, 4) is 0 Å². The van der Waals surface area contributed by atoms with Crippen molar-refractivity contribution in [1.29, 1.82) is 0 Å². The van der Waals surface area contributed by atoms with Gasteiger partial charge >= 0.3 is 6.09 Å². The summed E-state index contributed by atoms with van der Waals surface area (Å²) in [5.74, 6) is 0.257. The van der Waals surface area contributed by atoms with Crippen LogP contribution in [0.1, 0.15) is 39.5 Å². The molecule has 4 nitrogen and oxygen atoms in total. The van der Waals surface area contributed by atoms with Crippen molar-refractivity contribution < 1.29 is 9.53 Å². The molecule has 2 aliphatic rings. The summed E-state index contributed by atoms with van der Waals surface area (Å²) in [5, 5.41) is 6.52. The minimum Gasteiger partial charge on any atom is -0.450 e. The molecule has 3 atom stereocenters. The first-order valence-electron chi connectivity index (χ1n) is 8.40. The molecule has 1 aliphatic carbocycles. The fourth-order valence-corrected chi connectivity index (χ4v) is 4.36.